The number of hydrogen-bond acceptors (Lipinski definition) is 12. The lowest BCUT2D eigenvalue weighted by molar-refractivity contribution is -0.189. The minimum Gasteiger partial charge on any atom is -0.390 e. The van der Waals surface area contributed by atoms with Crippen LogP contribution in [0.5, 0.6) is 0 Å². The van der Waals surface area contributed by atoms with E-state index in [0.717, 1.165) is 145 Å². The lowest BCUT2D eigenvalue weighted by Crippen LogP contribution is -2.60. The van der Waals surface area contributed by atoms with Gasteiger partial charge in [-0.05, 0) is 329 Å². The van der Waals surface area contributed by atoms with Crippen molar-refractivity contribution in [2.45, 2.75) is 286 Å². The summed E-state index contributed by atoms with van der Waals surface area (Å²) >= 11 is 9.88. The standard InChI is InChI=1S/2C29H41N3O2.C23H37BrO2.C6H5N3.3CH3I/c1-26-10-7-20-21-5-6-23(25(33)17-32-16-19-9-14-30-15-24(19)31-32)28(21,3)11-8-22(20)29(26,4)13-12-27(2,34)18-26;1-26-10-7-20-21-5-6-23(25(33)17-32-24-16-30-14-9-19(24)15-31-32)28(21,3)11-8-22(20)29(26,4)13-12-27(2,34)18-26;1-20-9-7-15-16-5-6-18(19(25)13-24)22(16,3)10-8-17(15)23(20,4)12-11-21(2,26)14-20;1-2-7-4-6-5(1)3-8-9-6;3*1-2/h2*9,14-16,20-23,34H,5-8,10-13,17-18H2,1-4H3;15-18,26H,5-14H2,1-4H3;1-4H,(H,8,9);3*1H3/t2*20-,21-,22-,23+,26+,27+,28-,29+;15-,16-,17-,18+,20+,21+,22-,23+;;;;/m000..../s1. The molecule has 12 saturated carbocycles. The molecule has 0 aliphatic heterocycles. The fourth-order valence-electron chi connectivity index (χ4n) is 28.8. The van der Waals surface area contributed by atoms with Crippen LogP contribution in [0.25, 0.3) is 32.7 Å². The van der Waals surface area contributed by atoms with Gasteiger partial charge in [0, 0.05) is 58.7 Å². The molecule has 24 atom stereocenters. The third-order valence-corrected chi connectivity index (χ3v) is 35.4. The van der Waals surface area contributed by atoms with E-state index < -0.39 is 16.8 Å². The highest BCUT2D eigenvalue weighted by molar-refractivity contribution is 14.1. The smallest absolute Gasteiger partial charge is 0.157 e. The van der Waals surface area contributed by atoms with Gasteiger partial charge in [0.25, 0.3) is 0 Å². The molecule has 19 heteroatoms. The van der Waals surface area contributed by atoms with Gasteiger partial charge in [-0.2, -0.15) is 15.3 Å². The molecule has 6 aromatic heterocycles. The van der Waals surface area contributed by atoms with Crippen LogP contribution in [-0.2, 0) is 27.5 Å². The fourth-order valence-corrected chi connectivity index (χ4v) is 29.2. The topological polar surface area (TPSA) is 215 Å². The maximum Gasteiger partial charge on any atom is 0.157 e. The highest BCUT2D eigenvalue weighted by Crippen LogP contribution is 2.75. The number of pyridine rings is 3. The van der Waals surface area contributed by atoms with Gasteiger partial charge in [-0.1, -0.05) is 146 Å². The van der Waals surface area contributed by atoms with Gasteiger partial charge in [0.2, 0.25) is 0 Å². The number of nitrogens with zero attached hydrogens (tertiary/aromatic N) is 8. The molecular formula is C90H133BrI3N9O6. The molecule has 109 heavy (non-hydrogen) atoms. The van der Waals surface area contributed by atoms with E-state index in [-0.39, 0.29) is 50.2 Å². The van der Waals surface area contributed by atoms with Crippen LogP contribution in [0.1, 0.15) is 256 Å². The molecule has 4 N–H and O–H groups in total. The third kappa shape index (κ3) is 15.4. The van der Waals surface area contributed by atoms with Crippen LogP contribution >= 0.6 is 83.7 Å². The predicted octanol–water partition coefficient (Wildman–Crippen LogP) is 21.5. The number of H-pyrrole nitrogens is 1. The summed E-state index contributed by atoms with van der Waals surface area (Å²) in [5.74, 6) is 8.29. The van der Waals surface area contributed by atoms with Crippen molar-refractivity contribution in [3.63, 3.8) is 0 Å². The first kappa shape index (κ1) is 85.8. The summed E-state index contributed by atoms with van der Waals surface area (Å²) in [6, 6.07) is 5.83. The highest BCUT2D eigenvalue weighted by Gasteiger charge is 2.69. The van der Waals surface area contributed by atoms with Crippen LogP contribution in [0.4, 0.5) is 0 Å². The Balaban J connectivity index is 0.000000140. The number of rotatable bonds is 8. The molecule has 0 unspecified atom stereocenters. The van der Waals surface area contributed by atoms with Crippen LogP contribution in [0.15, 0.2) is 74.0 Å². The average Bonchev–Trinajstić information content (AvgIpc) is 1.50. The maximum atomic E-state index is 13.7. The second-order valence-corrected chi connectivity index (χ2v) is 40.6. The molecule has 6 aromatic rings. The van der Waals surface area contributed by atoms with Crippen molar-refractivity contribution < 1.29 is 29.7 Å². The molecule has 0 radical (unpaired) electrons. The van der Waals surface area contributed by atoms with Gasteiger partial charge < -0.3 is 15.3 Å². The van der Waals surface area contributed by atoms with E-state index in [9.17, 15) is 29.7 Å². The van der Waals surface area contributed by atoms with E-state index in [0.29, 0.717) is 63.9 Å². The predicted molar refractivity (Wildman–Crippen MR) is 469 cm³/mol. The van der Waals surface area contributed by atoms with Crippen molar-refractivity contribution in [3.8, 4) is 0 Å². The Hall–Kier alpha value is -2.58. The van der Waals surface area contributed by atoms with Crippen molar-refractivity contribution in [1.29, 1.82) is 0 Å². The zero-order valence-electron chi connectivity index (χ0n) is 68.7. The average molecular weight is 1900 g/mol. The van der Waals surface area contributed by atoms with Gasteiger partial charge in [0.05, 0.1) is 70.7 Å². The SMILES string of the molecule is CI.CI.CI.C[C@@]1(O)CC[C@]2(C)[C@H]3CC[C@]4(C)[C@@H](C(=O)CBr)CC[C@H]4[C@@H]3CC[C@]2(C)C1.C[C@@]1(O)CC[C@]2(C)[C@H]3CC[C@]4(C)[C@@H](C(=O)Cn5cc6ccncc6n5)CC[C@H]4[C@@H]3CC[C@]2(C)C1.C[C@@]1(O)CC[C@]2(C)[C@H]3CC[C@]4(C)[C@@H](C(=O)Cn5ncc6ccncc65)CC[C@H]4[C@@H]3CC[C@]2(C)C1.c1cc2cn[nH]c2cn1. The van der Waals surface area contributed by atoms with Crippen molar-refractivity contribution in [2.24, 2.45) is 120 Å². The van der Waals surface area contributed by atoms with Crippen molar-refractivity contribution in [2.75, 3.05) is 20.1 Å². The van der Waals surface area contributed by atoms with Crippen LogP contribution in [0, 0.1) is 120 Å². The summed E-state index contributed by atoms with van der Waals surface area (Å²) < 4.78 is 3.69. The molecule has 0 amide bonds. The lowest BCUT2D eigenvalue weighted by atomic mass is 9.39. The minimum absolute atomic E-state index is 0.115. The number of nitrogens with one attached hydrogen (secondary N) is 1. The Labute approximate surface area is 702 Å². The van der Waals surface area contributed by atoms with Crippen molar-refractivity contribution in [1.82, 2.24) is 44.7 Å². The summed E-state index contributed by atoms with van der Waals surface area (Å²) in [7, 11) is 0. The second-order valence-electron chi connectivity index (χ2n) is 40.1. The summed E-state index contributed by atoms with van der Waals surface area (Å²) in [5.41, 5.74) is 3.46. The lowest BCUT2D eigenvalue weighted by Gasteiger charge is -2.66. The molecule has 0 spiro atoms. The Morgan fingerprint density at radius 2 is 0.835 bits per heavy atom. The van der Waals surface area contributed by atoms with Crippen LogP contribution in [0.3, 0.4) is 0 Å². The van der Waals surface area contributed by atoms with E-state index in [1.54, 1.807) is 37.2 Å². The van der Waals surface area contributed by atoms with E-state index in [2.05, 4.69) is 188 Å². The van der Waals surface area contributed by atoms with Crippen LogP contribution in [0.2, 0.25) is 0 Å². The van der Waals surface area contributed by atoms with Gasteiger partial charge in [-0.3, -0.25) is 43.8 Å². The number of carbonyl (C=O) groups excluding carboxylic acids is 3. The Kier molecular flexibility index (Phi) is 25.8. The monoisotopic (exact) mass is 1900 g/mol. The van der Waals surface area contributed by atoms with E-state index in [4.69, 9.17) is 0 Å². The van der Waals surface area contributed by atoms with Gasteiger partial charge >= 0.3 is 0 Å². The minimum atomic E-state index is -0.513. The van der Waals surface area contributed by atoms with E-state index in [1.165, 1.54) is 103 Å². The number of alkyl halides is 4. The van der Waals surface area contributed by atoms with Crippen LogP contribution in [-0.4, -0.2) is 114 Å². The molecule has 602 valence electrons. The number of halogens is 4. The summed E-state index contributed by atoms with van der Waals surface area (Å²) in [6.45, 7) is 29.3. The Morgan fingerprint density at radius 3 is 1.26 bits per heavy atom. The van der Waals surface area contributed by atoms with Crippen molar-refractivity contribution >= 4 is 134 Å². The van der Waals surface area contributed by atoms with E-state index >= 15 is 0 Å². The Bertz CT molecular complexity index is 4110. The van der Waals surface area contributed by atoms with E-state index in [1.807, 2.05) is 74.8 Å². The molecule has 0 aromatic carbocycles. The summed E-state index contributed by atoms with van der Waals surface area (Å²) in [5, 5.41) is 52.0. The second kappa shape index (κ2) is 32.7. The van der Waals surface area contributed by atoms with Crippen LogP contribution < -0.4 is 0 Å². The number of aromatic amines is 1. The quantitative estimate of drug-likeness (QED) is 0.0827. The first-order valence-corrected chi connectivity index (χ1v) is 49.4. The highest BCUT2D eigenvalue weighted by atomic mass is 127. The van der Waals surface area contributed by atoms with Gasteiger partial charge in [0.15, 0.2) is 11.6 Å². The number of carbonyl (C=O) groups is 3. The number of hydrogen-bond donors (Lipinski definition) is 4. The fraction of sp³-hybridized carbons (Fsp3) is 0.767. The zero-order chi connectivity index (χ0) is 78.9. The van der Waals surface area contributed by atoms with Gasteiger partial charge in [-0.25, -0.2) is 0 Å². The molecule has 15 nitrogen and oxygen atoms in total. The summed E-state index contributed by atoms with van der Waals surface area (Å²) in [6.07, 6.45) is 47.1. The summed E-state index contributed by atoms with van der Waals surface area (Å²) in [4.78, 5) is 58.1. The zero-order valence-corrected chi connectivity index (χ0v) is 76.8. The molecule has 0 bridgehead atoms. The first-order chi connectivity index (χ1) is 51.6. The number of fused-ring (bicyclic) bond motifs is 18. The molecule has 12 aliphatic rings. The number of ketones is 3. The third-order valence-electron chi connectivity index (χ3n) is 34.8. The molecule has 18 rings (SSSR count). The molecule has 12 fully saturated rings. The molecule has 0 saturated heterocycles. The number of aromatic nitrogens is 9. The Morgan fingerprint density at radius 1 is 0.440 bits per heavy atom. The normalized spacial score (nSPS) is 43.2. The molecule has 12 aliphatic carbocycles. The van der Waals surface area contributed by atoms with Crippen molar-refractivity contribution in [3.05, 3.63) is 74.0 Å². The molecular weight excluding hydrogens is 1760 g/mol. The number of Topliss-reactive ketones (excluding diaryl/α,β-unsaturated/α-hetero) is 3. The van der Waals surface area contributed by atoms with Gasteiger partial charge in [-0.15, -0.1) is 0 Å². The first-order valence-electron chi connectivity index (χ1n) is 41.8. The molecule has 6 heterocycles. The van der Waals surface area contributed by atoms with Gasteiger partial charge in [0.1, 0.15) is 17.8 Å². The maximum absolute atomic E-state index is 13.7. The largest absolute Gasteiger partial charge is 0.390 e. The number of aliphatic hydroxyl groups is 3.